The molecule has 76 valence electrons. The number of rotatable bonds is 3. The van der Waals surface area contributed by atoms with Gasteiger partial charge in [-0.1, -0.05) is 12.8 Å². The Bertz CT molecular complexity index is 321. The van der Waals surface area contributed by atoms with Crippen molar-refractivity contribution in [1.82, 2.24) is 4.57 Å². The van der Waals surface area contributed by atoms with Gasteiger partial charge in [0.15, 0.2) is 5.78 Å². The molecule has 1 heterocycles. The van der Waals surface area contributed by atoms with E-state index in [1.807, 2.05) is 18.5 Å². The van der Waals surface area contributed by atoms with E-state index in [-0.39, 0.29) is 5.78 Å². The molecule has 2 heteroatoms. The standard InChI is InChI=1S/C12H17NO/c1-10(14)12-6-7-13(9-12)8-11-4-2-3-5-11/h6-7,9,11H,2-5,8H2,1H3. The third-order valence-electron chi connectivity index (χ3n) is 3.10. The first-order valence-corrected chi connectivity index (χ1v) is 5.42. The summed E-state index contributed by atoms with van der Waals surface area (Å²) in [5.74, 6) is 0.998. The Balaban J connectivity index is 1.98. The van der Waals surface area contributed by atoms with Crippen LogP contribution in [0.5, 0.6) is 0 Å². The molecule has 0 saturated heterocycles. The van der Waals surface area contributed by atoms with Gasteiger partial charge in [0.25, 0.3) is 0 Å². The molecule has 0 amide bonds. The Morgan fingerprint density at radius 1 is 1.50 bits per heavy atom. The monoisotopic (exact) mass is 191 g/mol. The highest BCUT2D eigenvalue weighted by molar-refractivity contribution is 5.93. The predicted molar refractivity (Wildman–Crippen MR) is 56.4 cm³/mol. The van der Waals surface area contributed by atoms with E-state index in [2.05, 4.69) is 4.57 Å². The minimum absolute atomic E-state index is 0.162. The third-order valence-corrected chi connectivity index (χ3v) is 3.10. The van der Waals surface area contributed by atoms with Gasteiger partial charge in [0.2, 0.25) is 0 Å². The molecule has 1 aromatic heterocycles. The van der Waals surface area contributed by atoms with Crippen LogP contribution in [0.15, 0.2) is 18.5 Å². The fourth-order valence-electron chi connectivity index (χ4n) is 2.25. The second-order valence-corrected chi connectivity index (χ2v) is 4.30. The van der Waals surface area contributed by atoms with Gasteiger partial charge in [0.05, 0.1) is 0 Å². The average Bonchev–Trinajstić information content (AvgIpc) is 2.75. The van der Waals surface area contributed by atoms with Crippen LogP contribution >= 0.6 is 0 Å². The highest BCUT2D eigenvalue weighted by atomic mass is 16.1. The summed E-state index contributed by atoms with van der Waals surface area (Å²) in [6.07, 6.45) is 9.47. The SMILES string of the molecule is CC(=O)c1ccn(CC2CCCC2)c1. The number of carbonyl (C=O) groups excluding carboxylic acids is 1. The van der Waals surface area contributed by atoms with E-state index in [1.54, 1.807) is 6.92 Å². The summed E-state index contributed by atoms with van der Waals surface area (Å²) in [6.45, 7) is 2.71. The van der Waals surface area contributed by atoms with Crippen molar-refractivity contribution in [3.63, 3.8) is 0 Å². The van der Waals surface area contributed by atoms with Gasteiger partial charge in [0.1, 0.15) is 0 Å². The summed E-state index contributed by atoms with van der Waals surface area (Å²) in [4.78, 5) is 11.1. The lowest BCUT2D eigenvalue weighted by Gasteiger charge is -2.09. The zero-order chi connectivity index (χ0) is 9.97. The molecule has 0 aliphatic heterocycles. The lowest BCUT2D eigenvalue weighted by Crippen LogP contribution is -2.05. The Morgan fingerprint density at radius 3 is 2.79 bits per heavy atom. The predicted octanol–water partition coefficient (Wildman–Crippen LogP) is 2.88. The molecule has 0 radical (unpaired) electrons. The van der Waals surface area contributed by atoms with Gasteiger partial charge in [-0.15, -0.1) is 0 Å². The molecule has 1 fully saturated rings. The summed E-state index contributed by atoms with van der Waals surface area (Å²) < 4.78 is 2.16. The van der Waals surface area contributed by atoms with E-state index in [0.717, 1.165) is 18.0 Å². The molecule has 0 spiro atoms. The minimum Gasteiger partial charge on any atom is -0.353 e. The van der Waals surface area contributed by atoms with Crippen LogP contribution in [-0.2, 0) is 6.54 Å². The van der Waals surface area contributed by atoms with E-state index >= 15 is 0 Å². The molecule has 0 aromatic carbocycles. The fraction of sp³-hybridized carbons (Fsp3) is 0.583. The lowest BCUT2D eigenvalue weighted by molar-refractivity contribution is 0.101. The lowest BCUT2D eigenvalue weighted by atomic mass is 10.1. The molecule has 2 nitrogen and oxygen atoms in total. The van der Waals surface area contributed by atoms with Crippen molar-refractivity contribution in [3.8, 4) is 0 Å². The van der Waals surface area contributed by atoms with Crippen molar-refractivity contribution in [2.75, 3.05) is 0 Å². The van der Waals surface area contributed by atoms with Crippen molar-refractivity contribution in [2.24, 2.45) is 5.92 Å². The Labute approximate surface area is 84.9 Å². The summed E-state index contributed by atoms with van der Waals surface area (Å²) in [5, 5.41) is 0. The minimum atomic E-state index is 0.162. The molecule has 0 unspecified atom stereocenters. The molecule has 1 aromatic rings. The van der Waals surface area contributed by atoms with Crippen LogP contribution in [0.25, 0.3) is 0 Å². The summed E-state index contributed by atoms with van der Waals surface area (Å²) >= 11 is 0. The zero-order valence-corrected chi connectivity index (χ0v) is 8.70. The fourth-order valence-corrected chi connectivity index (χ4v) is 2.25. The molecule has 2 rings (SSSR count). The van der Waals surface area contributed by atoms with Crippen LogP contribution in [0.1, 0.15) is 43.0 Å². The van der Waals surface area contributed by atoms with Crippen LogP contribution in [0, 0.1) is 5.92 Å². The van der Waals surface area contributed by atoms with Crippen LogP contribution in [0.4, 0.5) is 0 Å². The Morgan fingerprint density at radius 2 is 2.21 bits per heavy atom. The highest BCUT2D eigenvalue weighted by Crippen LogP contribution is 2.26. The maximum absolute atomic E-state index is 11.1. The van der Waals surface area contributed by atoms with Gasteiger partial charge in [-0.2, -0.15) is 0 Å². The number of Topliss-reactive ketones (excluding diaryl/α,β-unsaturated/α-hetero) is 1. The molecule has 0 N–H and O–H groups in total. The second-order valence-electron chi connectivity index (χ2n) is 4.30. The van der Waals surface area contributed by atoms with E-state index in [4.69, 9.17) is 0 Å². The molecule has 0 atom stereocenters. The van der Waals surface area contributed by atoms with Crippen molar-refractivity contribution in [1.29, 1.82) is 0 Å². The van der Waals surface area contributed by atoms with Gasteiger partial charge in [-0.05, 0) is 31.7 Å². The number of carbonyl (C=O) groups is 1. The summed E-state index contributed by atoms with van der Waals surface area (Å²) in [7, 11) is 0. The number of hydrogen-bond donors (Lipinski definition) is 0. The molecule has 14 heavy (non-hydrogen) atoms. The summed E-state index contributed by atoms with van der Waals surface area (Å²) in [5.41, 5.74) is 0.836. The number of nitrogens with zero attached hydrogens (tertiary/aromatic N) is 1. The number of ketones is 1. The molecule has 1 aliphatic rings. The Hall–Kier alpha value is -1.05. The van der Waals surface area contributed by atoms with Crippen molar-refractivity contribution >= 4 is 5.78 Å². The van der Waals surface area contributed by atoms with Gasteiger partial charge >= 0.3 is 0 Å². The van der Waals surface area contributed by atoms with E-state index in [1.165, 1.54) is 25.7 Å². The first kappa shape index (κ1) is 9.50. The zero-order valence-electron chi connectivity index (χ0n) is 8.70. The average molecular weight is 191 g/mol. The van der Waals surface area contributed by atoms with E-state index in [9.17, 15) is 4.79 Å². The normalized spacial score (nSPS) is 17.5. The van der Waals surface area contributed by atoms with Crippen molar-refractivity contribution in [2.45, 2.75) is 39.2 Å². The van der Waals surface area contributed by atoms with Gasteiger partial charge in [-0.25, -0.2) is 0 Å². The molecular formula is C12H17NO. The van der Waals surface area contributed by atoms with Crippen LogP contribution in [0.3, 0.4) is 0 Å². The van der Waals surface area contributed by atoms with Crippen LogP contribution < -0.4 is 0 Å². The topological polar surface area (TPSA) is 22.0 Å². The molecular weight excluding hydrogens is 174 g/mol. The molecule has 0 bridgehead atoms. The van der Waals surface area contributed by atoms with E-state index < -0.39 is 0 Å². The summed E-state index contributed by atoms with van der Waals surface area (Å²) in [6, 6.07) is 1.91. The maximum atomic E-state index is 11.1. The largest absolute Gasteiger partial charge is 0.353 e. The smallest absolute Gasteiger partial charge is 0.161 e. The van der Waals surface area contributed by atoms with Gasteiger partial charge in [-0.3, -0.25) is 4.79 Å². The Kier molecular flexibility index (Phi) is 2.71. The van der Waals surface area contributed by atoms with Crippen LogP contribution in [0.2, 0.25) is 0 Å². The van der Waals surface area contributed by atoms with Crippen molar-refractivity contribution in [3.05, 3.63) is 24.0 Å². The number of hydrogen-bond acceptors (Lipinski definition) is 1. The highest BCUT2D eigenvalue weighted by Gasteiger charge is 2.15. The van der Waals surface area contributed by atoms with Crippen molar-refractivity contribution < 1.29 is 4.79 Å². The molecule has 1 aliphatic carbocycles. The van der Waals surface area contributed by atoms with Gasteiger partial charge < -0.3 is 4.57 Å². The van der Waals surface area contributed by atoms with Gasteiger partial charge in [0, 0.05) is 24.5 Å². The quantitative estimate of drug-likeness (QED) is 0.673. The number of aromatic nitrogens is 1. The first-order chi connectivity index (χ1) is 6.75. The maximum Gasteiger partial charge on any atom is 0.161 e. The third kappa shape index (κ3) is 2.06. The second kappa shape index (κ2) is 3.99. The van der Waals surface area contributed by atoms with E-state index in [0.29, 0.717) is 0 Å². The first-order valence-electron chi connectivity index (χ1n) is 5.42. The molecule has 1 saturated carbocycles. The van der Waals surface area contributed by atoms with Crippen LogP contribution in [-0.4, -0.2) is 10.4 Å².